The van der Waals surface area contributed by atoms with Crippen LogP contribution in [0.15, 0.2) is 24.3 Å². The highest BCUT2D eigenvalue weighted by Crippen LogP contribution is 2.20. The van der Waals surface area contributed by atoms with Crippen molar-refractivity contribution in [2.75, 3.05) is 18.0 Å². The van der Waals surface area contributed by atoms with Gasteiger partial charge < -0.3 is 10.2 Å². The minimum absolute atomic E-state index is 0.107. The summed E-state index contributed by atoms with van der Waals surface area (Å²) >= 11 is 1.43. The molecule has 0 saturated carbocycles. The number of hydrogen-bond acceptors (Lipinski definition) is 5. The van der Waals surface area contributed by atoms with Gasteiger partial charge in [-0.1, -0.05) is 50.1 Å². The van der Waals surface area contributed by atoms with Gasteiger partial charge in [0.15, 0.2) is 0 Å². The Bertz CT molecular complexity index is 698. The van der Waals surface area contributed by atoms with Gasteiger partial charge in [-0.25, -0.2) is 4.98 Å². The van der Waals surface area contributed by atoms with Crippen molar-refractivity contribution in [2.24, 2.45) is 0 Å². The molecule has 0 saturated heterocycles. The first-order valence-electron chi connectivity index (χ1n) is 9.94. The van der Waals surface area contributed by atoms with E-state index < -0.39 is 0 Å². The van der Waals surface area contributed by atoms with Crippen LogP contribution in [0.4, 0.5) is 5.13 Å². The average molecular weight is 389 g/mol. The molecule has 27 heavy (non-hydrogen) atoms. The summed E-state index contributed by atoms with van der Waals surface area (Å²) in [5.41, 5.74) is 2.48. The first-order valence-corrected chi connectivity index (χ1v) is 10.7. The minimum atomic E-state index is 0.107. The highest BCUT2D eigenvalue weighted by Gasteiger charge is 2.15. The van der Waals surface area contributed by atoms with Crippen molar-refractivity contribution in [1.29, 1.82) is 0 Å². The molecule has 0 spiro atoms. The summed E-state index contributed by atoms with van der Waals surface area (Å²) < 4.78 is 4.54. The van der Waals surface area contributed by atoms with Crippen molar-refractivity contribution in [3.8, 4) is 0 Å². The highest BCUT2D eigenvalue weighted by atomic mass is 32.1. The van der Waals surface area contributed by atoms with Gasteiger partial charge in [0, 0.05) is 43.5 Å². The van der Waals surface area contributed by atoms with Crippen molar-refractivity contribution in [1.82, 2.24) is 14.7 Å². The maximum Gasteiger partial charge on any atom is 0.221 e. The van der Waals surface area contributed by atoms with Crippen molar-refractivity contribution in [3.63, 3.8) is 0 Å². The van der Waals surface area contributed by atoms with Gasteiger partial charge >= 0.3 is 0 Å². The Morgan fingerprint density at radius 3 is 2.63 bits per heavy atom. The first-order chi connectivity index (χ1) is 13.0. The molecular weight excluding hydrogens is 356 g/mol. The predicted molar refractivity (Wildman–Crippen MR) is 114 cm³/mol. The van der Waals surface area contributed by atoms with Crippen LogP contribution in [0.1, 0.15) is 63.4 Å². The van der Waals surface area contributed by atoms with E-state index in [1.807, 2.05) is 6.92 Å². The van der Waals surface area contributed by atoms with Crippen molar-refractivity contribution in [2.45, 2.75) is 65.8 Å². The summed E-state index contributed by atoms with van der Waals surface area (Å²) in [7, 11) is 0. The maximum atomic E-state index is 12.1. The topological polar surface area (TPSA) is 58.1 Å². The molecule has 1 amide bonds. The molecule has 1 N–H and O–H groups in total. The zero-order chi connectivity index (χ0) is 19.6. The number of aryl methyl sites for hydroxylation is 1. The van der Waals surface area contributed by atoms with Crippen LogP contribution < -0.4 is 10.2 Å². The van der Waals surface area contributed by atoms with Gasteiger partial charge in [-0.05, 0) is 32.3 Å². The van der Waals surface area contributed by atoms with Crippen LogP contribution in [0.2, 0.25) is 0 Å². The monoisotopic (exact) mass is 388 g/mol. The molecule has 1 atom stereocenters. The molecule has 6 heteroatoms. The van der Waals surface area contributed by atoms with E-state index in [9.17, 15) is 4.79 Å². The lowest BCUT2D eigenvalue weighted by Crippen LogP contribution is -2.35. The third kappa shape index (κ3) is 7.29. The smallest absolute Gasteiger partial charge is 0.221 e. The number of amides is 1. The lowest BCUT2D eigenvalue weighted by atomic mass is 10.1. The summed E-state index contributed by atoms with van der Waals surface area (Å²) in [6.45, 7) is 9.97. The summed E-state index contributed by atoms with van der Waals surface area (Å²) in [5.74, 6) is 0.958. The van der Waals surface area contributed by atoms with Gasteiger partial charge in [-0.2, -0.15) is 4.37 Å². The molecule has 2 aromatic rings. The Labute approximate surface area is 167 Å². The van der Waals surface area contributed by atoms with Crippen LogP contribution in [0.25, 0.3) is 0 Å². The molecule has 0 fully saturated rings. The van der Waals surface area contributed by atoms with E-state index in [0.29, 0.717) is 13.0 Å². The Hall–Kier alpha value is -1.95. The van der Waals surface area contributed by atoms with Crippen LogP contribution in [0, 0.1) is 6.92 Å². The van der Waals surface area contributed by atoms with Gasteiger partial charge in [0.25, 0.3) is 0 Å². The van der Waals surface area contributed by atoms with E-state index in [1.54, 1.807) is 0 Å². The SMILES string of the molecule is CCCCN(CCC(=O)NC(C)CC)c1nc(Cc2ccc(C)cc2)ns1. The highest BCUT2D eigenvalue weighted by molar-refractivity contribution is 7.09. The van der Waals surface area contributed by atoms with Crippen LogP contribution in [-0.4, -0.2) is 34.4 Å². The zero-order valence-electron chi connectivity index (χ0n) is 17.0. The van der Waals surface area contributed by atoms with Gasteiger partial charge in [0.2, 0.25) is 11.0 Å². The van der Waals surface area contributed by atoms with Crippen LogP contribution >= 0.6 is 11.5 Å². The van der Waals surface area contributed by atoms with Crippen LogP contribution in [0.5, 0.6) is 0 Å². The largest absolute Gasteiger partial charge is 0.354 e. The molecule has 1 aromatic carbocycles. The van der Waals surface area contributed by atoms with Gasteiger partial charge in [0.1, 0.15) is 5.82 Å². The molecule has 0 aliphatic heterocycles. The molecule has 148 valence electrons. The maximum absolute atomic E-state index is 12.1. The Morgan fingerprint density at radius 2 is 1.96 bits per heavy atom. The lowest BCUT2D eigenvalue weighted by molar-refractivity contribution is -0.121. The van der Waals surface area contributed by atoms with E-state index in [-0.39, 0.29) is 11.9 Å². The predicted octanol–water partition coefficient (Wildman–Crippen LogP) is 4.35. The fraction of sp³-hybridized carbons (Fsp3) is 0.571. The first kappa shape index (κ1) is 21.4. The number of nitrogens with one attached hydrogen (secondary N) is 1. The Balaban J connectivity index is 1.97. The molecule has 0 bridgehead atoms. The van der Waals surface area contributed by atoms with Crippen molar-refractivity contribution in [3.05, 3.63) is 41.2 Å². The number of anilines is 1. The fourth-order valence-electron chi connectivity index (χ4n) is 2.67. The molecule has 0 radical (unpaired) electrons. The van der Waals surface area contributed by atoms with Gasteiger partial charge in [-0.3, -0.25) is 4.79 Å². The summed E-state index contributed by atoms with van der Waals surface area (Å²) in [5, 5.41) is 3.96. The molecule has 1 unspecified atom stereocenters. The second-order valence-electron chi connectivity index (χ2n) is 7.12. The van der Waals surface area contributed by atoms with E-state index in [1.165, 1.54) is 22.7 Å². The number of carbonyl (C=O) groups excluding carboxylic acids is 1. The van der Waals surface area contributed by atoms with Gasteiger partial charge in [0.05, 0.1) is 0 Å². The Kier molecular flexibility index (Phi) is 8.72. The van der Waals surface area contributed by atoms with Crippen LogP contribution in [0.3, 0.4) is 0 Å². The Morgan fingerprint density at radius 1 is 1.22 bits per heavy atom. The number of benzene rings is 1. The normalized spacial score (nSPS) is 12.0. The third-order valence-corrected chi connectivity index (χ3v) is 5.44. The number of aromatic nitrogens is 2. The molecule has 1 heterocycles. The standard InChI is InChI=1S/C21H32N4OS/c1-5-7-13-25(14-12-20(26)22-17(4)6-2)21-23-19(24-27-21)15-18-10-8-16(3)9-11-18/h8-11,17H,5-7,12-15H2,1-4H3,(H,22,26). The van der Waals surface area contributed by atoms with E-state index in [4.69, 9.17) is 4.98 Å². The van der Waals surface area contributed by atoms with E-state index >= 15 is 0 Å². The van der Waals surface area contributed by atoms with E-state index in [0.717, 1.165) is 43.2 Å². The van der Waals surface area contributed by atoms with E-state index in [2.05, 4.69) is 59.6 Å². The molecule has 1 aromatic heterocycles. The quantitative estimate of drug-likeness (QED) is 0.622. The molecule has 5 nitrogen and oxygen atoms in total. The summed E-state index contributed by atoms with van der Waals surface area (Å²) in [4.78, 5) is 19.1. The number of hydrogen-bond donors (Lipinski definition) is 1. The second kappa shape index (κ2) is 11.0. The zero-order valence-corrected chi connectivity index (χ0v) is 17.8. The third-order valence-electron chi connectivity index (χ3n) is 4.62. The summed E-state index contributed by atoms with van der Waals surface area (Å²) in [6, 6.07) is 8.72. The van der Waals surface area contributed by atoms with Crippen LogP contribution in [-0.2, 0) is 11.2 Å². The van der Waals surface area contributed by atoms with Gasteiger partial charge in [-0.15, -0.1) is 0 Å². The number of unbranched alkanes of at least 4 members (excludes halogenated alkanes) is 1. The van der Waals surface area contributed by atoms with Crippen molar-refractivity contribution < 1.29 is 4.79 Å². The number of nitrogens with zero attached hydrogens (tertiary/aromatic N) is 3. The number of carbonyl (C=O) groups is 1. The molecule has 0 aliphatic rings. The molecule has 0 aliphatic carbocycles. The number of rotatable bonds is 11. The minimum Gasteiger partial charge on any atom is -0.354 e. The average Bonchev–Trinajstić information content (AvgIpc) is 3.12. The fourth-order valence-corrected chi connectivity index (χ4v) is 3.41. The van der Waals surface area contributed by atoms with Crippen molar-refractivity contribution >= 4 is 22.6 Å². The molecule has 2 rings (SSSR count). The molecular formula is C21H32N4OS. The second-order valence-corrected chi connectivity index (χ2v) is 7.85. The lowest BCUT2D eigenvalue weighted by Gasteiger charge is -2.21. The summed E-state index contributed by atoms with van der Waals surface area (Å²) in [6.07, 6.45) is 4.38.